The molecule has 19 heteroatoms. The largest absolute Gasteiger partial charge is 0.494 e. The average molecular weight is 856 g/mol. The quantitative estimate of drug-likeness (QED) is 0.0396. The molecule has 3 heterocycles. The van der Waals surface area contributed by atoms with Gasteiger partial charge in [-0.25, -0.2) is 9.97 Å². The molecule has 19 nitrogen and oxygen atoms in total. The highest BCUT2D eigenvalue weighted by molar-refractivity contribution is 6.47. The maximum absolute atomic E-state index is 13.7. The number of fused-ring (bicyclic) bond motifs is 2. The molecule has 0 atom stereocenters. The average Bonchev–Trinajstić information content (AvgIpc) is 3.91. The Bertz CT molecular complexity index is 2860. The lowest BCUT2D eigenvalue weighted by Crippen LogP contribution is -2.24. The summed E-state index contributed by atoms with van der Waals surface area (Å²) in [6.45, 7) is 8.21. The molecule has 63 heavy (non-hydrogen) atoms. The van der Waals surface area contributed by atoms with Gasteiger partial charge in [0.1, 0.15) is 40.5 Å². The molecule has 0 aliphatic carbocycles. The Kier molecular flexibility index (Phi) is 13.7. The summed E-state index contributed by atoms with van der Waals surface area (Å²) >= 11 is 0. The molecule has 3 aromatic heterocycles. The molecule has 6 aromatic rings. The SMILES string of the molecule is CCN=C(/C=C(/C)N)C(=O)Nc1nc2cc(C(N)=O)cc(OC/C=C/c3cccc(N)c3)c2n1C/C=C/Cn1c(NC(=O)c2cc(C)nn2CC)nc2cc(C(N)=O)cc(OC)c21. The van der Waals surface area contributed by atoms with E-state index in [0.717, 1.165) is 5.56 Å². The highest BCUT2D eigenvalue weighted by Crippen LogP contribution is 2.33. The fraction of sp³-hybridized carbons (Fsp3) is 0.227. The summed E-state index contributed by atoms with van der Waals surface area (Å²) in [4.78, 5) is 65.8. The maximum atomic E-state index is 13.7. The molecule has 326 valence electrons. The van der Waals surface area contributed by atoms with Crippen LogP contribution in [-0.2, 0) is 24.4 Å². The Balaban J connectivity index is 1.41. The van der Waals surface area contributed by atoms with E-state index in [9.17, 15) is 19.2 Å². The number of aromatic nitrogens is 6. The molecule has 0 saturated carbocycles. The van der Waals surface area contributed by atoms with Crippen molar-refractivity contribution >= 4 is 75.1 Å². The lowest BCUT2D eigenvalue weighted by molar-refractivity contribution is -0.110. The summed E-state index contributed by atoms with van der Waals surface area (Å²) in [5.41, 5.74) is 28.1. The number of benzene rings is 3. The molecule has 0 saturated heterocycles. The number of ether oxygens (including phenoxy) is 2. The van der Waals surface area contributed by atoms with Crippen molar-refractivity contribution in [1.29, 1.82) is 0 Å². The third-order valence-electron chi connectivity index (χ3n) is 9.51. The summed E-state index contributed by atoms with van der Waals surface area (Å²) in [7, 11) is 1.45. The van der Waals surface area contributed by atoms with Gasteiger partial charge in [0.2, 0.25) is 23.7 Å². The number of nitrogens with zero attached hydrogens (tertiary/aromatic N) is 7. The molecular weight excluding hydrogens is 807 g/mol. The summed E-state index contributed by atoms with van der Waals surface area (Å²) in [5, 5.41) is 10.1. The van der Waals surface area contributed by atoms with Gasteiger partial charge in [0, 0.05) is 48.7 Å². The van der Waals surface area contributed by atoms with Gasteiger partial charge < -0.3 is 41.5 Å². The van der Waals surface area contributed by atoms with Gasteiger partial charge in [0.05, 0.1) is 23.8 Å². The number of rotatable bonds is 18. The van der Waals surface area contributed by atoms with Gasteiger partial charge >= 0.3 is 0 Å². The number of anilines is 3. The zero-order valence-corrected chi connectivity index (χ0v) is 35.5. The first kappa shape index (κ1) is 44.3. The van der Waals surface area contributed by atoms with Gasteiger partial charge in [-0.3, -0.25) is 39.5 Å². The van der Waals surface area contributed by atoms with E-state index in [1.807, 2.05) is 43.4 Å². The molecule has 3 aromatic carbocycles. The monoisotopic (exact) mass is 855 g/mol. The van der Waals surface area contributed by atoms with Crippen LogP contribution >= 0.6 is 0 Å². The van der Waals surface area contributed by atoms with E-state index in [0.29, 0.717) is 63.7 Å². The summed E-state index contributed by atoms with van der Waals surface area (Å²) in [5.74, 6) is -1.58. The zero-order valence-electron chi connectivity index (χ0n) is 35.5. The second kappa shape index (κ2) is 19.4. The van der Waals surface area contributed by atoms with Crippen molar-refractivity contribution in [2.45, 2.75) is 47.3 Å². The number of aryl methyl sites for hydroxylation is 2. The molecule has 0 radical (unpaired) electrons. The van der Waals surface area contributed by atoms with Crippen molar-refractivity contribution in [1.82, 2.24) is 28.9 Å². The van der Waals surface area contributed by atoms with E-state index >= 15 is 0 Å². The Morgan fingerprint density at radius 3 is 2.02 bits per heavy atom. The molecule has 4 amide bonds. The lowest BCUT2D eigenvalue weighted by Gasteiger charge is -2.13. The minimum atomic E-state index is -0.707. The highest BCUT2D eigenvalue weighted by Gasteiger charge is 2.23. The van der Waals surface area contributed by atoms with Gasteiger partial charge in [-0.15, -0.1) is 0 Å². The third kappa shape index (κ3) is 10.2. The maximum Gasteiger partial charge on any atom is 0.276 e. The van der Waals surface area contributed by atoms with Crippen molar-refractivity contribution < 1.29 is 28.7 Å². The first-order valence-electron chi connectivity index (χ1n) is 19.9. The number of aliphatic imine (C=N–C) groups is 1. The van der Waals surface area contributed by atoms with Gasteiger partial charge in [0.25, 0.3) is 11.8 Å². The van der Waals surface area contributed by atoms with Gasteiger partial charge in [-0.2, -0.15) is 5.10 Å². The van der Waals surface area contributed by atoms with Gasteiger partial charge in [-0.05, 0) is 87.9 Å². The van der Waals surface area contributed by atoms with Crippen molar-refractivity contribution in [3.05, 3.63) is 113 Å². The number of primary amides is 2. The van der Waals surface area contributed by atoms with Gasteiger partial charge in [-0.1, -0.05) is 30.4 Å². The molecule has 0 fully saturated rings. The second-order valence-electron chi connectivity index (χ2n) is 14.2. The van der Waals surface area contributed by atoms with Crippen LogP contribution in [0.15, 0.2) is 89.6 Å². The Hall–Kier alpha value is -8.22. The normalized spacial score (nSPS) is 12.1. The molecule has 10 N–H and O–H groups in total. The first-order chi connectivity index (χ1) is 30.2. The minimum absolute atomic E-state index is 0.0831. The van der Waals surface area contributed by atoms with E-state index in [4.69, 9.17) is 37.4 Å². The smallest absolute Gasteiger partial charge is 0.276 e. The fourth-order valence-electron chi connectivity index (χ4n) is 6.77. The van der Waals surface area contributed by atoms with Crippen LogP contribution in [0.2, 0.25) is 0 Å². The van der Waals surface area contributed by atoms with Crippen molar-refractivity contribution in [3.63, 3.8) is 0 Å². The number of hydrogen-bond donors (Lipinski definition) is 6. The van der Waals surface area contributed by atoms with Crippen LogP contribution in [0.25, 0.3) is 28.1 Å². The van der Waals surface area contributed by atoms with E-state index in [-0.39, 0.29) is 54.2 Å². The number of hydrogen-bond acceptors (Lipinski definition) is 12. The molecule has 0 bridgehead atoms. The number of imidazole rings is 2. The van der Waals surface area contributed by atoms with Crippen LogP contribution < -0.4 is 43.0 Å². The number of carbonyl (C=O) groups excluding carboxylic acids is 4. The standard InChI is InChI=1S/C44H49N13O6/c1-6-49-33(18-25(3)45)41(60)52-43-51-32-22-29(40(48)59)24-36(63-17-11-13-27-12-10-14-30(46)20-27)38(32)56(43)16-9-8-15-55-37-31(21-28(39(47)58)23-35(37)62-5)50-44(55)53-42(61)34-19-26(4)54-57(34)7-2/h8-14,18-24H,6-7,15-17,45-46H2,1-5H3,(H2,47,58)(H2,48,59)(H,50,53,61)(H,51,52,60)/b9-8+,13-11+,25-18-,49-33?. The van der Waals surface area contributed by atoms with Crippen molar-refractivity contribution in [2.24, 2.45) is 22.2 Å². The molecule has 0 aliphatic rings. The number of allylic oxidation sites excluding steroid dienone is 3. The van der Waals surface area contributed by atoms with E-state index in [1.165, 1.54) is 37.5 Å². The Morgan fingerprint density at radius 1 is 0.825 bits per heavy atom. The lowest BCUT2D eigenvalue weighted by atomic mass is 10.1. The van der Waals surface area contributed by atoms with Crippen LogP contribution in [-0.4, -0.2) is 78.5 Å². The molecule has 6 rings (SSSR count). The number of amides is 4. The molecule has 0 aliphatic heterocycles. The molecule has 0 unspecified atom stereocenters. The second-order valence-corrected chi connectivity index (χ2v) is 14.2. The third-order valence-corrected chi connectivity index (χ3v) is 9.51. The number of nitrogens with one attached hydrogen (secondary N) is 2. The zero-order chi connectivity index (χ0) is 45.4. The summed E-state index contributed by atoms with van der Waals surface area (Å²) in [6.07, 6.45) is 8.72. The van der Waals surface area contributed by atoms with Crippen LogP contribution in [0.3, 0.4) is 0 Å². The van der Waals surface area contributed by atoms with Crippen molar-refractivity contribution in [2.75, 3.05) is 36.6 Å². The topological polar surface area (TPSA) is 281 Å². The van der Waals surface area contributed by atoms with Crippen LogP contribution in [0.5, 0.6) is 11.5 Å². The first-order valence-corrected chi connectivity index (χ1v) is 19.9. The molecular formula is C44H49N13O6. The predicted molar refractivity (Wildman–Crippen MR) is 243 cm³/mol. The van der Waals surface area contributed by atoms with Crippen LogP contribution in [0.4, 0.5) is 17.6 Å². The minimum Gasteiger partial charge on any atom is -0.494 e. The van der Waals surface area contributed by atoms with E-state index in [1.54, 1.807) is 52.8 Å². The van der Waals surface area contributed by atoms with E-state index < -0.39 is 23.6 Å². The van der Waals surface area contributed by atoms with Gasteiger partial charge in [0.15, 0.2) is 0 Å². The fourth-order valence-corrected chi connectivity index (χ4v) is 6.77. The highest BCUT2D eigenvalue weighted by atomic mass is 16.5. The number of carbonyl (C=O) groups is 4. The summed E-state index contributed by atoms with van der Waals surface area (Å²) < 4.78 is 16.9. The number of methoxy groups -OCH3 is 1. The predicted octanol–water partition coefficient (Wildman–Crippen LogP) is 4.56. The number of nitrogens with two attached hydrogens (primary N) is 4. The number of nitrogen functional groups attached to an aromatic ring is 1. The van der Waals surface area contributed by atoms with E-state index in [2.05, 4.69) is 25.7 Å². The Labute approximate surface area is 362 Å². The molecule has 0 spiro atoms. The van der Waals surface area contributed by atoms with Crippen LogP contribution in [0.1, 0.15) is 63.2 Å². The van der Waals surface area contributed by atoms with Crippen molar-refractivity contribution in [3.8, 4) is 11.5 Å². The van der Waals surface area contributed by atoms with Crippen LogP contribution in [0, 0.1) is 6.92 Å². The Morgan fingerprint density at radius 2 is 1.44 bits per heavy atom. The summed E-state index contributed by atoms with van der Waals surface area (Å²) in [6, 6.07) is 15.1.